The summed E-state index contributed by atoms with van der Waals surface area (Å²) in [5.41, 5.74) is 1.65. The number of halogens is 1. The van der Waals surface area contributed by atoms with Crippen LogP contribution in [0.4, 0.5) is 5.69 Å². The van der Waals surface area contributed by atoms with E-state index in [-0.39, 0.29) is 0 Å². The Labute approximate surface area is 126 Å². The first kappa shape index (κ1) is 12.9. The Morgan fingerprint density at radius 3 is 2.25 bits per heavy atom. The second-order valence-corrected chi connectivity index (χ2v) is 7.90. The largest absolute Gasteiger partial charge is 0.381 e. The number of hydrogen-bond acceptors (Lipinski definition) is 2. The Morgan fingerprint density at radius 2 is 1.75 bits per heavy atom. The summed E-state index contributed by atoms with van der Waals surface area (Å²) in [6.45, 7) is 2.38. The first-order valence-electron chi connectivity index (χ1n) is 8.01. The fourth-order valence-corrected chi connectivity index (χ4v) is 5.68. The average molecular weight is 291 g/mol. The molecule has 1 aromatic rings. The quantitative estimate of drug-likeness (QED) is 0.813. The van der Waals surface area contributed by atoms with E-state index in [1.807, 2.05) is 18.3 Å². The number of hydrogen-bond donors (Lipinski definition) is 1. The van der Waals surface area contributed by atoms with E-state index in [9.17, 15) is 0 Å². The minimum absolute atomic E-state index is 0.536. The van der Waals surface area contributed by atoms with Gasteiger partial charge in [0.05, 0.1) is 11.9 Å². The molecule has 2 nitrogen and oxygen atoms in total. The van der Waals surface area contributed by atoms with Crippen molar-refractivity contribution in [1.82, 2.24) is 4.98 Å². The van der Waals surface area contributed by atoms with Gasteiger partial charge in [0.1, 0.15) is 5.15 Å². The van der Waals surface area contributed by atoms with Gasteiger partial charge in [-0.1, -0.05) is 11.6 Å². The number of anilines is 1. The van der Waals surface area contributed by atoms with Gasteiger partial charge in [0.15, 0.2) is 0 Å². The molecule has 0 radical (unpaired) electrons. The first-order chi connectivity index (χ1) is 9.63. The lowest BCUT2D eigenvalue weighted by molar-refractivity contribution is -0.0602. The van der Waals surface area contributed by atoms with Gasteiger partial charge in [-0.2, -0.15) is 0 Å². The molecule has 1 heterocycles. The minimum Gasteiger partial charge on any atom is -0.381 e. The lowest BCUT2D eigenvalue weighted by Gasteiger charge is -2.59. The molecule has 0 aromatic carbocycles. The van der Waals surface area contributed by atoms with E-state index in [0.29, 0.717) is 16.6 Å². The van der Waals surface area contributed by atoms with Crippen molar-refractivity contribution in [1.29, 1.82) is 0 Å². The Bertz CT molecular complexity index is 461. The summed E-state index contributed by atoms with van der Waals surface area (Å²) < 4.78 is 0. The van der Waals surface area contributed by atoms with Crippen molar-refractivity contribution in [2.45, 2.75) is 51.5 Å². The van der Waals surface area contributed by atoms with E-state index in [1.165, 1.54) is 38.5 Å². The molecule has 1 N–H and O–H groups in total. The maximum absolute atomic E-state index is 5.87. The third kappa shape index (κ3) is 2.13. The maximum Gasteiger partial charge on any atom is 0.129 e. The van der Waals surface area contributed by atoms with Crippen LogP contribution in [0.25, 0.3) is 0 Å². The van der Waals surface area contributed by atoms with Crippen molar-refractivity contribution in [2.24, 2.45) is 23.2 Å². The summed E-state index contributed by atoms with van der Waals surface area (Å²) >= 11 is 5.87. The number of rotatable bonds is 3. The first-order valence-corrected chi connectivity index (χ1v) is 8.39. The molecule has 0 aliphatic heterocycles. The van der Waals surface area contributed by atoms with E-state index in [1.54, 1.807) is 0 Å². The molecule has 1 atom stereocenters. The van der Waals surface area contributed by atoms with E-state index >= 15 is 0 Å². The highest BCUT2D eigenvalue weighted by atomic mass is 35.5. The molecule has 3 heteroatoms. The van der Waals surface area contributed by atoms with Gasteiger partial charge >= 0.3 is 0 Å². The molecule has 1 aromatic heterocycles. The second-order valence-electron chi connectivity index (χ2n) is 7.52. The highest BCUT2D eigenvalue weighted by Crippen LogP contribution is 2.61. The molecule has 5 rings (SSSR count). The summed E-state index contributed by atoms with van der Waals surface area (Å²) in [6.07, 6.45) is 10.7. The van der Waals surface area contributed by atoms with E-state index in [0.717, 1.165) is 23.4 Å². The summed E-state index contributed by atoms with van der Waals surface area (Å²) in [6, 6.07) is 4.46. The Hall–Kier alpha value is -0.760. The molecule has 4 saturated carbocycles. The lowest BCUT2D eigenvalue weighted by atomic mass is 9.48. The van der Waals surface area contributed by atoms with Gasteiger partial charge in [0.25, 0.3) is 0 Å². The van der Waals surface area contributed by atoms with Crippen LogP contribution in [0, 0.1) is 23.2 Å². The van der Waals surface area contributed by atoms with Crippen LogP contribution in [-0.2, 0) is 0 Å². The molecule has 0 spiro atoms. The monoisotopic (exact) mass is 290 g/mol. The second kappa shape index (κ2) is 4.62. The maximum atomic E-state index is 5.87. The van der Waals surface area contributed by atoms with E-state index in [4.69, 9.17) is 11.6 Å². The zero-order valence-electron chi connectivity index (χ0n) is 12.1. The molecule has 0 saturated heterocycles. The third-order valence-corrected chi connectivity index (χ3v) is 6.34. The van der Waals surface area contributed by atoms with Crippen LogP contribution >= 0.6 is 11.6 Å². The van der Waals surface area contributed by atoms with Crippen LogP contribution in [-0.4, -0.2) is 11.0 Å². The van der Waals surface area contributed by atoms with Crippen LogP contribution < -0.4 is 5.32 Å². The molecule has 108 valence electrons. The van der Waals surface area contributed by atoms with Crippen molar-refractivity contribution in [2.75, 3.05) is 5.32 Å². The summed E-state index contributed by atoms with van der Waals surface area (Å²) in [7, 11) is 0. The smallest absolute Gasteiger partial charge is 0.129 e. The lowest BCUT2D eigenvalue weighted by Crippen LogP contribution is -2.52. The zero-order chi connectivity index (χ0) is 13.7. The third-order valence-electron chi connectivity index (χ3n) is 6.11. The zero-order valence-corrected chi connectivity index (χ0v) is 12.9. The fraction of sp³-hybridized carbons (Fsp3) is 0.706. The van der Waals surface area contributed by atoms with Crippen molar-refractivity contribution >= 4 is 17.3 Å². The predicted molar refractivity (Wildman–Crippen MR) is 82.9 cm³/mol. The van der Waals surface area contributed by atoms with Crippen LogP contribution in [0.1, 0.15) is 45.4 Å². The normalized spacial score (nSPS) is 39.8. The van der Waals surface area contributed by atoms with Crippen molar-refractivity contribution < 1.29 is 0 Å². The molecule has 1 unspecified atom stereocenters. The van der Waals surface area contributed by atoms with Gasteiger partial charge in [-0.25, -0.2) is 4.98 Å². The van der Waals surface area contributed by atoms with Crippen molar-refractivity contribution in [3.8, 4) is 0 Å². The van der Waals surface area contributed by atoms with Gasteiger partial charge < -0.3 is 5.32 Å². The van der Waals surface area contributed by atoms with Crippen LogP contribution in [0.2, 0.25) is 5.15 Å². The van der Waals surface area contributed by atoms with Crippen LogP contribution in [0.5, 0.6) is 0 Å². The minimum atomic E-state index is 0.536. The van der Waals surface area contributed by atoms with Gasteiger partial charge in [-0.05, 0) is 80.8 Å². The van der Waals surface area contributed by atoms with Crippen molar-refractivity contribution in [3.63, 3.8) is 0 Å². The highest BCUT2D eigenvalue weighted by Gasteiger charge is 2.53. The Morgan fingerprint density at radius 1 is 1.15 bits per heavy atom. The highest BCUT2D eigenvalue weighted by molar-refractivity contribution is 6.29. The summed E-state index contributed by atoms with van der Waals surface area (Å²) in [4.78, 5) is 4.18. The molecule has 0 amide bonds. The average Bonchev–Trinajstić information content (AvgIpc) is 2.40. The fourth-order valence-electron chi connectivity index (χ4n) is 5.57. The van der Waals surface area contributed by atoms with Gasteiger partial charge in [-0.3, -0.25) is 0 Å². The Kier molecular flexibility index (Phi) is 2.99. The molecular weight excluding hydrogens is 268 g/mol. The molecule has 4 bridgehead atoms. The molecule has 4 aliphatic carbocycles. The molecule has 4 fully saturated rings. The van der Waals surface area contributed by atoms with Crippen LogP contribution in [0.15, 0.2) is 18.3 Å². The topological polar surface area (TPSA) is 24.9 Å². The van der Waals surface area contributed by atoms with Gasteiger partial charge in [-0.15, -0.1) is 0 Å². The van der Waals surface area contributed by atoms with Crippen LogP contribution in [0.3, 0.4) is 0 Å². The summed E-state index contributed by atoms with van der Waals surface area (Å²) in [5, 5.41) is 4.27. The van der Waals surface area contributed by atoms with Gasteiger partial charge in [0, 0.05) is 6.04 Å². The summed E-state index contributed by atoms with van der Waals surface area (Å²) in [5.74, 6) is 3.02. The standard InChI is InChI=1S/C17H23ClN2/c1-11(20-15-2-3-16(18)19-10-15)17-7-12-4-13(8-17)6-14(5-12)9-17/h2-3,10-14,20H,4-9H2,1H3. The predicted octanol–water partition coefficient (Wildman–Crippen LogP) is 4.75. The van der Waals surface area contributed by atoms with E-state index in [2.05, 4.69) is 17.2 Å². The molecule has 20 heavy (non-hydrogen) atoms. The molecular formula is C17H23ClN2. The Balaban J connectivity index is 1.53. The number of nitrogens with zero attached hydrogens (tertiary/aromatic N) is 1. The molecule has 4 aliphatic rings. The number of nitrogens with one attached hydrogen (secondary N) is 1. The van der Waals surface area contributed by atoms with Gasteiger partial charge in [0.2, 0.25) is 0 Å². The number of aromatic nitrogens is 1. The van der Waals surface area contributed by atoms with E-state index < -0.39 is 0 Å². The van der Waals surface area contributed by atoms with Crippen molar-refractivity contribution in [3.05, 3.63) is 23.5 Å². The number of pyridine rings is 1. The SMILES string of the molecule is CC(Nc1ccc(Cl)nc1)C12CC3CC(CC(C3)C1)C2.